The molecule has 2 N–H and O–H groups in total. The number of aliphatic hydroxyl groups is 1. The lowest BCUT2D eigenvalue weighted by Crippen LogP contribution is -2.47. The third-order valence-electron chi connectivity index (χ3n) is 6.86. The SMILES string of the molecule is C[C@H]1[C@@H](c2ccc(F)c(F)c2O[C@H]2C[C@@H](O)C2)[C@H](C(=O)Nc2cncc(C#N)c2)O[C@@]1(C)C(F)(F)F. The van der Waals surface area contributed by atoms with Gasteiger partial charge in [0, 0.05) is 36.4 Å². The van der Waals surface area contributed by atoms with E-state index in [-0.39, 0.29) is 29.7 Å². The van der Waals surface area contributed by atoms with Crippen molar-refractivity contribution in [3.8, 4) is 11.8 Å². The molecule has 1 amide bonds. The molecule has 1 aliphatic carbocycles. The summed E-state index contributed by atoms with van der Waals surface area (Å²) in [5.74, 6) is -7.11. The van der Waals surface area contributed by atoms with Crippen LogP contribution in [-0.2, 0) is 9.53 Å². The minimum atomic E-state index is -4.90. The number of alkyl halides is 3. The molecule has 0 spiro atoms. The molecular weight excluding hydrogens is 489 g/mol. The number of aromatic nitrogens is 1. The minimum Gasteiger partial charge on any atom is -0.487 e. The number of rotatable bonds is 5. The number of pyridine rings is 1. The van der Waals surface area contributed by atoms with E-state index in [4.69, 9.17) is 14.7 Å². The van der Waals surface area contributed by atoms with Crippen LogP contribution in [0.2, 0.25) is 0 Å². The average molecular weight is 511 g/mol. The van der Waals surface area contributed by atoms with Gasteiger partial charge in [-0.15, -0.1) is 0 Å². The second-order valence-electron chi connectivity index (χ2n) is 9.17. The summed E-state index contributed by atoms with van der Waals surface area (Å²) in [4.78, 5) is 17.0. The highest BCUT2D eigenvalue weighted by Gasteiger charge is 2.66. The monoisotopic (exact) mass is 511 g/mol. The largest absolute Gasteiger partial charge is 0.487 e. The van der Waals surface area contributed by atoms with Crippen LogP contribution in [0.15, 0.2) is 30.6 Å². The van der Waals surface area contributed by atoms with E-state index in [1.54, 1.807) is 0 Å². The van der Waals surface area contributed by atoms with Crippen LogP contribution in [0.1, 0.15) is 43.7 Å². The number of benzene rings is 1. The summed E-state index contributed by atoms with van der Waals surface area (Å²) < 4.78 is 82.2. The van der Waals surface area contributed by atoms with Crippen molar-refractivity contribution in [2.75, 3.05) is 5.32 Å². The highest BCUT2D eigenvalue weighted by molar-refractivity contribution is 5.95. The van der Waals surface area contributed by atoms with Crippen LogP contribution in [0.5, 0.6) is 5.75 Å². The Labute approximate surface area is 202 Å². The molecule has 1 aromatic heterocycles. The van der Waals surface area contributed by atoms with Crippen LogP contribution in [0, 0.1) is 28.9 Å². The molecule has 1 aromatic carbocycles. The fourth-order valence-electron chi connectivity index (χ4n) is 4.54. The molecule has 0 unspecified atom stereocenters. The number of hydrogen-bond acceptors (Lipinski definition) is 6. The highest BCUT2D eigenvalue weighted by Crippen LogP contribution is 2.55. The molecule has 0 radical (unpaired) electrons. The standard InChI is InChI=1S/C24H22F5N3O4/c1-11-18(16-3-4-17(25)19(26)20(16)35-15-6-14(33)7-15)21(36-23(11,2)24(27,28)29)22(34)32-13-5-12(8-30)9-31-10-13/h3-5,9-11,14-15,18,21,33H,6-7H2,1-2H3,(H,32,34)/t11-,14-,15+,18-,21+,23+/m0/s1. The van der Waals surface area contributed by atoms with Crippen molar-refractivity contribution in [3.63, 3.8) is 0 Å². The molecule has 2 aliphatic rings. The Kier molecular flexibility index (Phi) is 6.66. The first-order valence-corrected chi connectivity index (χ1v) is 11.1. The third-order valence-corrected chi connectivity index (χ3v) is 6.86. The van der Waals surface area contributed by atoms with Crippen molar-refractivity contribution in [2.45, 2.75) is 62.7 Å². The van der Waals surface area contributed by atoms with E-state index in [1.807, 2.05) is 6.07 Å². The van der Waals surface area contributed by atoms with Crippen molar-refractivity contribution in [2.24, 2.45) is 5.92 Å². The van der Waals surface area contributed by atoms with Crippen molar-refractivity contribution < 1.29 is 41.3 Å². The van der Waals surface area contributed by atoms with Crippen LogP contribution in [-0.4, -0.2) is 46.1 Å². The number of nitrogens with one attached hydrogen (secondary N) is 1. The zero-order chi connectivity index (χ0) is 26.4. The molecule has 1 saturated heterocycles. The number of hydrogen-bond donors (Lipinski definition) is 2. The first kappa shape index (κ1) is 25.8. The summed E-state index contributed by atoms with van der Waals surface area (Å²) in [7, 11) is 0. The number of amides is 1. The van der Waals surface area contributed by atoms with Crippen LogP contribution < -0.4 is 10.1 Å². The molecule has 0 bridgehead atoms. The Morgan fingerprint density at radius 3 is 2.61 bits per heavy atom. The fraction of sp³-hybridized carbons (Fsp3) is 0.458. The molecule has 2 heterocycles. The number of carbonyl (C=O) groups is 1. The van der Waals surface area contributed by atoms with E-state index in [0.717, 1.165) is 19.1 Å². The smallest absolute Gasteiger partial charge is 0.417 e. The molecule has 4 atom stereocenters. The van der Waals surface area contributed by atoms with Crippen molar-refractivity contribution in [1.82, 2.24) is 4.98 Å². The first-order chi connectivity index (χ1) is 16.9. The minimum absolute atomic E-state index is 0.0416. The summed E-state index contributed by atoms with van der Waals surface area (Å²) in [6, 6.07) is 4.93. The number of anilines is 1. The zero-order valence-corrected chi connectivity index (χ0v) is 19.1. The molecule has 36 heavy (non-hydrogen) atoms. The molecule has 1 aliphatic heterocycles. The number of carbonyl (C=O) groups excluding carboxylic acids is 1. The maximum atomic E-state index is 14.9. The van der Waals surface area contributed by atoms with Crippen LogP contribution >= 0.6 is 0 Å². The van der Waals surface area contributed by atoms with Crippen LogP contribution in [0.3, 0.4) is 0 Å². The number of nitriles is 1. The molecule has 2 fully saturated rings. The Morgan fingerprint density at radius 1 is 1.31 bits per heavy atom. The number of aliphatic hydroxyl groups excluding tert-OH is 1. The lowest BCUT2D eigenvalue weighted by molar-refractivity contribution is -0.272. The van der Waals surface area contributed by atoms with Gasteiger partial charge in [0.15, 0.2) is 17.2 Å². The van der Waals surface area contributed by atoms with Gasteiger partial charge in [-0.3, -0.25) is 9.78 Å². The lowest BCUT2D eigenvalue weighted by Gasteiger charge is -2.34. The van der Waals surface area contributed by atoms with Gasteiger partial charge >= 0.3 is 6.18 Å². The topological polar surface area (TPSA) is 104 Å². The number of nitrogens with zero attached hydrogens (tertiary/aromatic N) is 2. The van der Waals surface area contributed by atoms with Gasteiger partial charge in [-0.25, -0.2) is 4.39 Å². The Morgan fingerprint density at radius 2 is 2.00 bits per heavy atom. The molecular formula is C24H22F5N3O4. The van der Waals surface area contributed by atoms with Crippen molar-refractivity contribution in [3.05, 3.63) is 53.4 Å². The molecule has 7 nitrogen and oxygen atoms in total. The molecule has 1 saturated carbocycles. The molecule has 2 aromatic rings. The Hall–Kier alpha value is -3.30. The van der Waals surface area contributed by atoms with Gasteiger partial charge in [-0.1, -0.05) is 13.0 Å². The van der Waals surface area contributed by atoms with E-state index in [2.05, 4.69) is 10.3 Å². The first-order valence-electron chi connectivity index (χ1n) is 11.1. The predicted molar refractivity (Wildman–Crippen MR) is 115 cm³/mol. The van der Waals surface area contributed by atoms with Crippen LogP contribution in [0.4, 0.5) is 27.6 Å². The predicted octanol–water partition coefficient (Wildman–Crippen LogP) is 4.21. The van der Waals surface area contributed by atoms with Gasteiger partial charge < -0.3 is 19.9 Å². The summed E-state index contributed by atoms with van der Waals surface area (Å²) in [6.45, 7) is 2.00. The fourth-order valence-corrected chi connectivity index (χ4v) is 4.54. The molecule has 4 rings (SSSR count). The average Bonchev–Trinajstić information content (AvgIpc) is 3.08. The summed E-state index contributed by atoms with van der Waals surface area (Å²) >= 11 is 0. The second kappa shape index (κ2) is 9.29. The highest BCUT2D eigenvalue weighted by atomic mass is 19.4. The van der Waals surface area contributed by atoms with Crippen LogP contribution in [0.25, 0.3) is 0 Å². The molecule has 192 valence electrons. The maximum Gasteiger partial charge on any atom is 0.417 e. The van der Waals surface area contributed by atoms with E-state index < -0.39 is 65.2 Å². The maximum absolute atomic E-state index is 14.9. The van der Waals surface area contributed by atoms with E-state index in [0.29, 0.717) is 0 Å². The van der Waals surface area contributed by atoms with Gasteiger partial charge in [0.1, 0.15) is 18.3 Å². The molecule has 12 heteroatoms. The van der Waals surface area contributed by atoms with Gasteiger partial charge in [0.2, 0.25) is 5.82 Å². The van der Waals surface area contributed by atoms with Gasteiger partial charge in [0.05, 0.1) is 23.6 Å². The van der Waals surface area contributed by atoms with Gasteiger partial charge in [-0.05, 0) is 19.1 Å². The van der Waals surface area contributed by atoms with E-state index >= 15 is 0 Å². The summed E-state index contributed by atoms with van der Waals surface area (Å²) in [6.07, 6.45) is -5.34. The van der Waals surface area contributed by atoms with Crippen molar-refractivity contribution >= 4 is 11.6 Å². The lowest BCUT2D eigenvalue weighted by atomic mass is 9.76. The van der Waals surface area contributed by atoms with Crippen molar-refractivity contribution in [1.29, 1.82) is 5.26 Å². The second-order valence-corrected chi connectivity index (χ2v) is 9.17. The summed E-state index contributed by atoms with van der Waals surface area (Å²) in [5.41, 5.74) is -2.83. The number of ether oxygens (including phenoxy) is 2. The van der Waals surface area contributed by atoms with Gasteiger partial charge in [0.25, 0.3) is 5.91 Å². The zero-order valence-electron chi connectivity index (χ0n) is 19.1. The Balaban J connectivity index is 1.76. The van der Waals surface area contributed by atoms with E-state index in [1.165, 1.54) is 25.4 Å². The normalized spacial score (nSPS) is 29.8. The Bertz CT molecular complexity index is 1210. The number of halogens is 5. The summed E-state index contributed by atoms with van der Waals surface area (Å²) in [5, 5.41) is 21.0. The van der Waals surface area contributed by atoms with E-state index in [9.17, 15) is 31.9 Å². The third kappa shape index (κ3) is 4.49. The quantitative estimate of drug-likeness (QED) is 0.583. The van der Waals surface area contributed by atoms with Gasteiger partial charge in [-0.2, -0.15) is 22.8 Å².